The van der Waals surface area contributed by atoms with Crippen LogP contribution in [0.15, 0.2) is 12.3 Å². The lowest BCUT2D eigenvalue weighted by Gasteiger charge is -1.97. The van der Waals surface area contributed by atoms with Crippen molar-refractivity contribution in [2.75, 3.05) is 0 Å². The number of hydrogen-bond acceptors (Lipinski definition) is 2. The Morgan fingerprint density at radius 2 is 2.08 bits per heavy atom. The lowest BCUT2D eigenvalue weighted by atomic mass is 10.2. The van der Waals surface area contributed by atoms with Crippen LogP contribution in [0, 0.1) is 6.92 Å². The van der Waals surface area contributed by atoms with Gasteiger partial charge in [0.25, 0.3) is 0 Å². The Balaban J connectivity index is 0.000000671. The lowest BCUT2D eigenvalue weighted by Crippen LogP contribution is -1.98. The fourth-order valence-electron chi connectivity index (χ4n) is 0.684. The molecule has 0 spiro atoms. The van der Waals surface area contributed by atoms with E-state index in [1.165, 1.54) is 12.3 Å². The Morgan fingerprint density at radius 1 is 1.54 bits per heavy atom. The van der Waals surface area contributed by atoms with Crippen molar-refractivity contribution in [3.63, 3.8) is 0 Å². The Morgan fingerprint density at radius 3 is 2.46 bits per heavy atom. The van der Waals surface area contributed by atoms with E-state index in [0.717, 1.165) is 0 Å². The number of aromatic carboxylic acids is 1. The first-order valence-corrected chi connectivity index (χ1v) is 4.34. The summed E-state index contributed by atoms with van der Waals surface area (Å²) in [5.41, 5.74) is 0.747. The average molecular weight is 202 g/mol. The molecule has 4 heteroatoms. The quantitative estimate of drug-likeness (QED) is 0.760. The van der Waals surface area contributed by atoms with Gasteiger partial charge in [-0.2, -0.15) is 0 Å². The molecule has 0 radical (unpaired) electrons. The summed E-state index contributed by atoms with van der Waals surface area (Å²) >= 11 is 5.60. The Labute approximate surface area is 82.4 Å². The van der Waals surface area contributed by atoms with E-state index in [2.05, 4.69) is 4.98 Å². The van der Waals surface area contributed by atoms with Crippen LogP contribution >= 0.6 is 11.6 Å². The molecule has 13 heavy (non-hydrogen) atoms. The van der Waals surface area contributed by atoms with Gasteiger partial charge in [-0.25, -0.2) is 4.79 Å². The maximum atomic E-state index is 10.4. The molecule has 0 aromatic carbocycles. The standard InChI is InChI=1S/C7H6ClNO2.C2H6/c1-4-2-6(8)5(3-9-4)7(10)11;1-2/h2-3H,1H3,(H,10,11);1-2H3. The fraction of sp³-hybridized carbons (Fsp3) is 0.333. The first-order chi connectivity index (χ1) is 6.11. The molecule has 0 saturated carbocycles. The summed E-state index contributed by atoms with van der Waals surface area (Å²) in [6, 6.07) is 1.52. The van der Waals surface area contributed by atoms with E-state index in [-0.39, 0.29) is 10.6 Å². The van der Waals surface area contributed by atoms with Gasteiger partial charge in [-0.1, -0.05) is 25.4 Å². The van der Waals surface area contributed by atoms with Crippen LogP contribution in [0.2, 0.25) is 5.02 Å². The molecule has 1 aromatic rings. The molecule has 0 aliphatic rings. The molecule has 0 saturated heterocycles. The third-order valence-corrected chi connectivity index (χ3v) is 1.53. The van der Waals surface area contributed by atoms with Crippen LogP contribution in [-0.2, 0) is 0 Å². The van der Waals surface area contributed by atoms with E-state index >= 15 is 0 Å². The largest absolute Gasteiger partial charge is 0.478 e. The molecule has 0 amide bonds. The maximum absolute atomic E-state index is 10.4. The summed E-state index contributed by atoms with van der Waals surface area (Å²) in [6.07, 6.45) is 1.25. The van der Waals surface area contributed by atoms with Crippen LogP contribution < -0.4 is 0 Å². The highest BCUT2D eigenvalue weighted by atomic mass is 35.5. The molecule has 0 fully saturated rings. The number of aromatic nitrogens is 1. The third kappa shape index (κ3) is 3.42. The third-order valence-electron chi connectivity index (χ3n) is 1.22. The van der Waals surface area contributed by atoms with Crippen LogP contribution in [0.4, 0.5) is 0 Å². The SMILES string of the molecule is CC.Cc1cc(Cl)c(C(=O)O)cn1. The van der Waals surface area contributed by atoms with Gasteiger partial charge in [0.1, 0.15) is 0 Å². The number of carboxylic acid groups (broad SMARTS) is 1. The summed E-state index contributed by atoms with van der Waals surface area (Å²) in [5.74, 6) is -1.05. The predicted molar refractivity (Wildman–Crippen MR) is 52.3 cm³/mol. The molecular formula is C9H12ClNO2. The smallest absolute Gasteiger partial charge is 0.338 e. The maximum Gasteiger partial charge on any atom is 0.338 e. The van der Waals surface area contributed by atoms with Gasteiger partial charge < -0.3 is 5.11 Å². The second kappa shape index (κ2) is 5.54. The number of pyridine rings is 1. The van der Waals surface area contributed by atoms with Gasteiger partial charge in [0.05, 0.1) is 10.6 Å². The van der Waals surface area contributed by atoms with Crippen molar-refractivity contribution in [2.24, 2.45) is 0 Å². The molecule has 0 aliphatic heterocycles. The van der Waals surface area contributed by atoms with Gasteiger partial charge in [0.2, 0.25) is 0 Å². The van der Waals surface area contributed by atoms with Crippen LogP contribution in [-0.4, -0.2) is 16.1 Å². The minimum absolute atomic E-state index is 0.0391. The molecule has 1 N–H and O–H groups in total. The van der Waals surface area contributed by atoms with Crippen molar-refractivity contribution in [1.29, 1.82) is 0 Å². The highest BCUT2D eigenvalue weighted by Crippen LogP contribution is 2.14. The van der Waals surface area contributed by atoms with Crippen LogP contribution in [0.1, 0.15) is 29.9 Å². The number of carbonyl (C=O) groups is 1. The summed E-state index contributed by atoms with van der Waals surface area (Å²) in [6.45, 7) is 5.75. The van der Waals surface area contributed by atoms with E-state index in [1.807, 2.05) is 13.8 Å². The zero-order valence-corrected chi connectivity index (χ0v) is 8.59. The van der Waals surface area contributed by atoms with E-state index in [9.17, 15) is 4.79 Å². The molecule has 1 aromatic heterocycles. The number of carboxylic acids is 1. The summed E-state index contributed by atoms with van der Waals surface area (Å²) in [5, 5.41) is 8.76. The van der Waals surface area contributed by atoms with Gasteiger partial charge in [0.15, 0.2) is 0 Å². The normalized spacial score (nSPS) is 8.62. The second-order valence-electron chi connectivity index (χ2n) is 2.11. The Hall–Kier alpha value is -1.09. The van der Waals surface area contributed by atoms with Crippen molar-refractivity contribution in [3.05, 3.63) is 28.5 Å². The van der Waals surface area contributed by atoms with Crippen LogP contribution in [0.25, 0.3) is 0 Å². The lowest BCUT2D eigenvalue weighted by molar-refractivity contribution is 0.0696. The fourth-order valence-corrected chi connectivity index (χ4v) is 0.971. The second-order valence-corrected chi connectivity index (χ2v) is 2.52. The zero-order valence-electron chi connectivity index (χ0n) is 7.84. The van der Waals surface area contributed by atoms with Gasteiger partial charge in [0, 0.05) is 11.9 Å². The van der Waals surface area contributed by atoms with E-state index in [4.69, 9.17) is 16.7 Å². The van der Waals surface area contributed by atoms with Crippen LogP contribution in [0.5, 0.6) is 0 Å². The van der Waals surface area contributed by atoms with Crippen LogP contribution in [0.3, 0.4) is 0 Å². The topological polar surface area (TPSA) is 50.2 Å². The summed E-state index contributed by atoms with van der Waals surface area (Å²) < 4.78 is 0. The van der Waals surface area contributed by atoms with Crippen molar-refractivity contribution in [2.45, 2.75) is 20.8 Å². The van der Waals surface area contributed by atoms with Crippen molar-refractivity contribution in [3.8, 4) is 0 Å². The van der Waals surface area contributed by atoms with Crippen molar-refractivity contribution < 1.29 is 9.90 Å². The minimum Gasteiger partial charge on any atom is -0.478 e. The number of hydrogen-bond donors (Lipinski definition) is 1. The molecule has 72 valence electrons. The molecule has 0 aliphatic carbocycles. The molecule has 1 heterocycles. The molecule has 0 bridgehead atoms. The van der Waals surface area contributed by atoms with Gasteiger partial charge >= 0.3 is 5.97 Å². The van der Waals surface area contributed by atoms with Gasteiger partial charge in [-0.05, 0) is 13.0 Å². The first-order valence-electron chi connectivity index (χ1n) is 3.96. The average Bonchev–Trinajstić information content (AvgIpc) is 2.07. The van der Waals surface area contributed by atoms with E-state index < -0.39 is 5.97 Å². The number of rotatable bonds is 1. The van der Waals surface area contributed by atoms with E-state index in [1.54, 1.807) is 6.92 Å². The first kappa shape index (κ1) is 11.9. The van der Waals surface area contributed by atoms with Crippen molar-refractivity contribution in [1.82, 2.24) is 4.98 Å². The minimum atomic E-state index is -1.05. The Kier molecular flexibility index (Phi) is 5.07. The van der Waals surface area contributed by atoms with Gasteiger partial charge in [-0.3, -0.25) is 4.98 Å². The number of aryl methyl sites for hydroxylation is 1. The highest BCUT2D eigenvalue weighted by Gasteiger charge is 2.07. The summed E-state index contributed by atoms with van der Waals surface area (Å²) in [7, 11) is 0. The monoisotopic (exact) mass is 201 g/mol. The van der Waals surface area contributed by atoms with E-state index in [0.29, 0.717) is 5.69 Å². The molecular weight excluding hydrogens is 190 g/mol. The molecule has 0 atom stereocenters. The highest BCUT2D eigenvalue weighted by molar-refractivity contribution is 6.33. The molecule has 0 unspecified atom stereocenters. The number of nitrogens with zero attached hydrogens (tertiary/aromatic N) is 1. The van der Waals surface area contributed by atoms with Gasteiger partial charge in [-0.15, -0.1) is 0 Å². The zero-order chi connectivity index (χ0) is 10.4. The molecule has 3 nitrogen and oxygen atoms in total. The Bertz CT molecular complexity index is 300. The molecule has 1 rings (SSSR count). The summed E-state index contributed by atoms with van der Waals surface area (Å²) in [4.78, 5) is 14.2. The number of halogens is 1. The van der Waals surface area contributed by atoms with Crippen molar-refractivity contribution >= 4 is 17.6 Å². The predicted octanol–water partition coefficient (Wildman–Crippen LogP) is 2.77.